The van der Waals surface area contributed by atoms with E-state index < -0.39 is 199 Å². The van der Waals surface area contributed by atoms with E-state index >= 15 is 9.59 Å². The number of nitrogens with zero attached hydrogens (tertiary/aromatic N) is 3. The van der Waals surface area contributed by atoms with Gasteiger partial charge in [-0.2, -0.15) is 0 Å². The van der Waals surface area contributed by atoms with Crippen LogP contribution in [0.2, 0.25) is 0 Å². The summed E-state index contributed by atoms with van der Waals surface area (Å²) in [6.07, 6.45) is -1.65. The maximum Gasteiger partial charge on any atom is 0.305 e. The number of halogens is 3. The first kappa shape index (κ1) is 79.6. The number of aliphatic hydroxyl groups excluding tert-OH is 1. The third-order valence-electron chi connectivity index (χ3n) is 16.8. The maximum absolute atomic E-state index is 15.2. The Bertz CT molecular complexity index is 3770. The number of carbonyl (C=O) groups excluding carboxylic acids is 12. The molecule has 0 unspecified atom stereocenters. The highest BCUT2D eigenvalue weighted by molar-refractivity contribution is 8.00. The summed E-state index contributed by atoms with van der Waals surface area (Å²) < 4.78 is 44.2. The molecule has 0 radical (unpaired) electrons. The topological polar surface area (TPSA) is 444 Å². The molecule has 10 atom stereocenters. The van der Waals surface area contributed by atoms with Crippen molar-refractivity contribution in [1.29, 1.82) is 0 Å². The van der Waals surface area contributed by atoms with Crippen LogP contribution in [-0.2, 0) is 88.0 Å². The van der Waals surface area contributed by atoms with Crippen molar-refractivity contribution in [2.45, 2.75) is 138 Å². The SMILES string of the molecule is CCCC[C@@H](C(=O)N1C[C@H](O)C[C@@H]1C(=O)N[C@H](C=O)CC(=O)O)N(C)C(=O)[C@H](Cc1ccccc1)N(C)C(=O)[C@H](Cc1cc(F)c(F)c(F)c1)NC(=O)CSC[C@H](NC(=O)[C@H](CCC(N)=O)NC(=O)[C@H](Cc1ccc(O)cc1)NC(=O)[C@H](Cc1c[nH]c2ccccc12)NC)C(=O)NCC(N)=O. The van der Waals surface area contributed by atoms with Crippen molar-refractivity contribution < 1.29 is 90.8 Å². The van der Waals surface area contributed by atoms with Gasteiger partial charge in [-0.05, 0) is 78.9 Å². The fourth-order valence-electron chi connectivity index (χ4n) is 11.4. The lowest BCUT2D eigenvalue weighted by molar-refractivity contribution is -0.152. The first-order chi connectivity index (χ1) is 48.0. The van der Waals surface area contributed by atoms with Gasteiger partial charge in [0, 0.05) is 75.6 Å². The molecule has 2 heterocycles. The molecule has 1 aromatic heterocycles. The van der Waals surface area contributed by atoms with E-state index in [0.29, 0.717) is 47.9 Å². The Morgan fingerprint density at radius 3 is 1.93 bits per heavy atom. The van der Waals surface area contributed by atoms with Gasteiger partial charge in [0.15, 0.2) is 17.5 Å². The lowest BCUT2D eigenvalue weighted by atomic mass is 9.99. The number of aliphatic hydroxyl groups is 1. The number of aromatic hydroxyl groups is 1. The van der Waals surface area contributed by atoms with E-state index in [0.717, 1.165) is 31.2 Å². The van der Waals surface area contributed by atoms with E-state index in [1.807, 2.05) is 24.3 Å². The predicted molar refractivity (Wildman–Crippen MR) is 362 cm³/mol. The van der Waals surface area contributed by atoms with E-state index in [-0.39, 0.29) is 49.7 Å². The summed E-state index contributed by atoms with van der Waals surface area (Å²) in [5.74, 6) is -18.3. The number of likely N-dealkylation sites (tertiary alicyclic amines) is 1. The highest BCUT2D eigenvalue weighted by Crippen LogP contribution is 2.26. The minimum absolute atomic E-state index is 0.0251. The molecule has 101 heavy (non-hydrogen) atoms. The second-order valence-electron chi connectivity index (χ2n) is 24.4. The number of phenolic OH excluding ortho intramolecular Hbond substituents is 1. The standard InChI is InChI=1S/C68H84F3N13O16S/c1-5-6-16-53(68(100)84-33-43(87)30-54(84)65(97)77-41(34-85)29-59(91)92)82(3)67(99)55(27-37-12-8-7-9-13-37)83(4)66(98)51(26-39-23-45(69)60(71)46(70)24-39)78-58(90)36-101-35-52(61(93)76-32-57(73)89)81-62(94)48(21-22-56(72)88)79-64(96)50(25-38-17-19-42(86)20-18-38)80-63(95)49(74-2)28-40-31-75-47-15-11-10-14-44(40)47/h7-15,17-20,23-24,31,34,41,43,48-55,74-75,86-87H,5-6,16,21-22,25-30,32-33,35-36H2,1-4H3,(H2,72,88)(H2,73,89)(H,76,93)(H,77,97)(H,78,90)(H,79,96)(H,80,95)(H,81,94)(H,91,92)/t41-,43+,48-,49-,50-,51-,52-,53-,54+,55-/m0/s1. The maximum atomic E-state index is 15.2. The number of phenols is 1. The minimum Gasteiger partial charge on any atom is -0.508 e. The van der Waals surface area contributed by atoms with Crippen LogP contribution in [0.5, 0.6) is 5.75 Å². The number of nitrogens with two attached hydrogens (primary N) is 2. The lowest BCUT2D eigenvalue weighted by Crippen LogP contribution is -2.60. The van der Waals surface area contributed by atoms with Gasteiger partial charge in [0.05, 0.1) is 36.9 Å². The number of aldehydes is 1. The molecule has 0 spiro atoms. The van der Waals surface area contributed by atoms with Crippen LogP contribution in [0.1, 0.15) is 74.1 Å². The summed E-state index contributed by atoms with van der Waals surface area (Å²) in [5, 5.41) is 48.7. The average Bonchev–Trinajstić information content (AvgIpc) is 1.78. The van der Waals surface area contributed by atoms with Gasteiger partial charge >= 0.3 is 5.97 Å². The third-order valence-corrected chi connectivity index (χ3v) is 17.9. The van der Waals surface area contributed by atoms with Gasteiger partial charge in [-0.3, -0.25) is 57.5 Å². The smallest absolute Gasteiger partial charge is 0.305 e. The Balaban J connectivity index is 1.25. The van der Waals surface area contributed by atoms with Gasteiger partial charge in [-0.15, -0.1) is 11.8 Å². The number of carbonyl (C=O) groups is 13. The number of thioether (sulfide) groups is 1. The summed E-state index contributed by atoms with van der Waals surface area (Å²) in [5.41, 5.74) is 13.0. The molecule has 15 N–H and O–H groups in total. The third kappa shape index (κ3) is 23.3. The monoisotopic (exact) mass is 1430 g/mol. The Labute approximate surface area is 583 Å². The summed E-state index contributed by atoms with van der Waals surface area (Å²) in [4.78, 5) is 183. The van der Waals surface area contributed by atoms with Crippen LogP contribution in [0, 0.1) is 17.5 Å². The Morgan fingerprint density at radius 2 is 1.30 bits per heavy atom. The van der Waals surface area contributed by atoms with E-state index in [9.17, 15) is 81.2 Å². The fraction of sp³-hybridized carbons (Fsp3) is 0.426. The minimum atomic E-state index is -1.85. The van der Waals surface area contributed by atoms with Gasteiger partial charge in [0.2, 0.25) is 65.0 Å². The Hall–Kier alpha value is -10.4. The van der Waals surface area contributed by atoms with Crippen LogP contribution < -0.4 is 48.7 Å². The van der Waals surface area contributed by atoms with Crippen LogP contribution >= 0.6 is 11.8 Å². The predicted octanol–water partition coefficient (Wildman–Crippen LogP) is -0.347. The number of aromatic nitrogens is 1. The zero-order valence-corrected chi connectivity index (χ0v) is 56.7. The number of amides is 11. The molecule has 6 rings (SSSR count). The molecule has 1 aliphatic heterocycles. The number of hydrogen-bond donors (Lipinski definition) is 13. The molecule has 1 fully saturated rings. The molecule has 1 saturated heterocycles. The summed E-state index contributed by atoms with van der Waals surface area (Å²) in [6.45, 7) is 0.639. The number of benzene rings is 4. The zero-order valence-electron chi connectivity index (χ0n) is 55.9. The van der Waals surface area contributed by atoms with Gasteiger partial charge < -0.3 is 88.5 Å². The molecule has 0 saturated carbocycles. The number of aromatic amines is 1. The van der Waals surface area contributed by atoms with Crippen molar-refractivity contribution >= 4 is 99.9 Å². The second kappa shape index (κ2) is 38.2. The Kier molecular flexibility index (Phi) is 30.1. The molecule has 1 aliphatic rings. The summed E-state index contributed by atoms with van der Waals surface area (Å²) in [6, 6.07) is 9.03. The van der Waals surface area contributed by atoms with E-state index in [2.05, 4.69) is 42.2 Å². The van der Waals surface area contributed by atoms with Crippen molar-refractivity contribution in [2.75, 3.05) is 45.7 Å². The molecule has 544 valence electrons. The fourth-order valence-corrected chi connectivity index (χ4v) is 12.3. The number of nitrogens with one attached hydrogen (secondary N) is 8. The number of carboxylic acids is 1. The molecular formula is C68H84F3N13O16S. The average molecular weight is 1430 g/mol. The van der Waals surface area contributed by atoms with Gasteiger partial charge in [0.1, 0.15) is 54.3 Å². The number of unbranched alkanes of at least 4 members (excludes halogenated alkanes) is 1. The van der Waals surface area contributed by atoms with Crippen molar-refractivity contribution in [1.82, 2.24) is 56.9 Å². The number of H-pyrrole nitrogens is 1. The quantitative estimate of drug-likeness (QED) is 0.0177. The highest BCUT2D eigenvalue weighted by Gasteiger charge is 2.45. The number of rotatable bonds is 39. The molecule has 5 aromatic rings. The number of primary amides is 2. The van der Waals surface area contributed by atoms with E-state index in [1.165, 1.54) is 38.4 Å². The van der Waals surface area contributed by atoms with E-state index in [4.69, 9.17) is 11.5 Å². The number of β-amino-alcohol motifs (C(OH)–C–C–N with tert-alkyl or cyclic N) is 1. The molecule has 0 bridgehead atoms. The lowest BCUT2D eigenvalue weighted by Gasteiger charge is -2.37. The van der Waals surface area contributed by atoms with Crippen molar-refractivity contribution in [3.05, 3.63) is 137 Å². The van der Waals surface area contributed by atoms with Crippen LogP contribution in [0.25, 0.3) is 10.9 Å². The summed E-state index contributed by atoms with van der Waals surface area (Å²) in [7, 11) is 3.99. The molecular weight excluding hydrogens is 1340 g/mol. The number of hydrogen-bond acceptors (Lipinski definition) is 17. The van der Waals surface area contributed by atoms with Crippen LogP contribution in [-0.4, -0.2) is 218 Å². The van der Waals surface area contributed by atoms with E-state index in [1.54, 1.807) is 50.5 Å². The molecule has 4 aromatic carbocycles. The largest absolute Gasteiger partial charge is 0.508 e. The van der Waals surface area contributed by atoms with Crippen LogP contribution in [0.15, 0.2) is 97.2 Å². The molecule has 29 nitrogen and oxygen atoms in total. The zero-order chi connectivity index (χ0) is 74.2. The van der Waals surface area contributed by atoms with Gasteiger partial charge in [-0.25, -0.2) is 13.2 Å². The van der Waals surface area contributed by atoms with Crippen LogP contribution in [0.4, 0.5) is 13.2 Å². The van der Waals surface area contributed by atoms with Gasteiger partial charge in [-0.1, -0.05) is 80.4 Å². The number of likely N-dealkylation sites (N-methyl/N-ethyl adjacent to an activating group) is 3. The molecule has 0 aliphatic carbocycles. The number of carboxylic acid groups (broad SMARTS) is 1. The number of fused-ring (bicyclic) bond motifs is 1. The Morgan fingerprint density at radius 1 is 0.693 bits per heavy atom. The molecule has 11 amide bonds. The number of para-hydroxylation sites is 1. The highest BCUT2D eigenvalue weighted by atomic mass is 32.2. The van der Waals surface area contributed by atoms with Gasteiger partial charge in [0.25, 0.3) is 0 Å². The van der Waals surface area contributed by atoms with Crippen molar-refractivity contribution in [3.63, 3.8) is 0 Å². The first-order valence-corrected chi connectivity index (χ1v) is 33.5. The number of aliphatic carboxylic acids is 1. The normalized spacial score (nSPS) is 15.8. The van der Waals surface area contributed by atoms with Crippen molar-refractivity contribution in [3.8, 4) is 5.75 Å². The second-order valence-corrected chi connectivity index (χ2v) is 25.4. The van der Waals surface area contributed by atoms with Crippen molar-refractivity contribution in [2.24, 2.45) is 11.5 Å². The van der Waals surface area contributed by atoms with Crippen LogP contribution in [0.3, 0.4) is 0 Å². The first-order valence-electron chi connectivity index (χ1n) is 32.3. The molecule has 33 heteroatoms. The summed E-state index contributed by atoms with van der Waals surface area (Å²) >= 11 is 0.652.